The Bertz CT molecular complexity index is 328. The molecule has 0 bridgehead atoms. The lowest BCUT2D eigenvalue weighted by atomic mass is 10.6. The van der Waals surface area contributed by atoms with Crippen molar-refractivity contribution in [3.05, 3.63) is 22.0 Å². The first-order chi connectivity index (χ1) is 6.09. The summed E-state index contributed by atoms with van der Waals surface area (Å²) >= 11 is 16.7. The standard InChI is InChI=1S/C6H5Cl3N4/c1-3(7)2-10-5-4(8)12-13-6(9)11-5/h1-2H2,(H,10,11,13). The minimum atomic E-state index is 0.0204. The number of hydrogen-bond acceptors (Lipinski definition) is 4. The molecule has 13 heavy (non-hydrogen) atoms. The molecule has 1 aromatic rings. The third kappa shape index (κ3) is 3.34. The van der Waals surface area contributed by atoms with E-state index in [0.29, 0.717) is 17.4 Å². The van der Waals surface area contributed by atoms with Crippen LogP contribution < -0.4 is 5.32 Å². The topological polar surface area (TPSA) is 50.7 Å². The van der Waals surface area contributed by atoms with Crippen molar-refractivity contribution in [2.45, 2.75) is 0 Å². The van der Waals surface area contributed by atoms with E-state index in [2.05, 4.69) is 27.1 Å². The van der Waals surface area contributed by atoms with E-state index in [1.165, 1.54) is 0 Å². The summed E-state index contributed by atoms with van der Waals surface area (Å²) in [7, 11) is 0. The Balaban J connectivity index is 2.75. The summed E-state index contributed by atoms with van der Waals surface area (Å²) in [5.41, 5.74) is 0. The van der Waals surface area contributed by atoms with Gasteiger partial charge >= 0.3 is 0 Å². The fourth-order valence-corrected chi connectivity index (χ4v) is 0.921. The highest BCUT2D eigenvalue weighted by Gasteiger charge is 2.04. The smallest absolute Gasteiger partial charge is 0.245 e. The van der Waals surface area contributed by atoms with Crippen molar-refractivity contribution in [3.63, 3.8) is 0 Å². The molecule has 1 rings (SSSR count). The summed E-state index contributed by atoms with van der Waals surface area (Å²) in [6.07, 6.45) is 0. The number of hydrogen-bond donors (Lipinski definition) is 1. The molecule has 0 aliphatic carbocycles. The largest absolute Gasteiger partial charge is 0.362 e. The van der Waals surface area contributed by atoms with Gasteiger partial charge in [-0.25, -0.2) is 0 Å². The van der Waals surface area contributed by atoms with Gasteiger partial charge in [0.2, 0.25) is 5.28 Å². The molecule has 0 aromatic carbocycles. The van der Waals surface area contributed by atoms with Crippen molar-refractivity contribution in [1.29, 1.82) is 0 Å². The van der Waals surface area contributed by atoms with Gasteiger partial charge in [-0.15, -0.1) is 10.2 Å². The molecular weight excluding hydrogens is 234 g/mol. The summed E-state index contributed by atoms with van der Waals surface area (Å²) in [4.78, 5) is 3.79. The van der Waals surface area contributed by atoms with Crippen molar-refractivity contribution in [2.24, 2.45) is 0 Å². The Morgan fingerprint density at radius 3 is 2.69 bits per heavy atom. The van der Waals surface area contributed by atoms with Crippen LogP contribution in [0.25, 0.3) is 0 Å². The van der Waals surface area contributed by atoms with Crippen LogP contribution in [0.15, 0.2) is 11.6 Å². The van der Waals surface area contributed by atoms with Crippen LogP contribution in [-0.2, 0) is 0 Å². The molecule has 1 N–H and O–H groups in total. The maximum Gasteiger partial charge on any atom is 0.245 e. The fraction of sp³-hybridized carbons (Fsp3) is 0.167. The van der Waals surface area contributed by atoms with Crippen molar-refractivity contribution < 1.29 is 0 Å². The molecule has 0 atom stereocenters. The van der Waals surface area contributed by atoms with E-state index in [4.69, 9.17) is 34.8 Å². The first kappa shape index (κ1) is 10.5. The van der Waals surface area contributed by atoms with Crippen LogP contribution in [0.5, 0.6) is 0 Å². The zero-order valence-corrected chi connectivity index (χ0v) is 8.66. The molecule has 0 aliphatic heterocycles. The first-order valence-electron chi connectivity index (χ1n) is 3.22. The molecule has 0 saturated carbocycles. The molecule has 0 unspecified atom stereocenters. The Hall–Kier alpha value is -0.580. The molecule has 0 spiro atoms. The van der Waals surface area contributed by atoms with Crippen LogP contribution in [0.3, 0.4) is 0 Å². The molecule has 4 nitrogen and oxygen atoms in total. The lowest BCUT2D eigenvalue weighted by molar-refractivity contribution is 0.967. The third-order valence-corrected chi connectivity index (χ3v) is 1.62. The van der Waals surface area contributed by atoms with Crippen molar-refractivity contribution in [2.75, 3.05) is 11.9 Å². The van der Waals surface area contributed by atoms with Gasteiger partial charge in [0.25, 0.3) is 0 Å². The fourth-order valence-electron chi connectivity index (χ4n) is 0.585. The number of nitrogens with one attached hydrogen (secondary N) is 1. The molecule has 0 saturated heterocycles. The van der Waals surface area contributed by atoms with Gasteiger partial charge in [-0.05, 0) is 11.6 Å². The number of anilines is 1. The zero-order valence-electron chi connectivity index (χ0n) is 6.39. The average Bonchev–Trinajstić information content (AvgIpc) is 2.06. The molecule has 1 aromatic heterocycles. The van der Waals surface area contributed by atoms with Gasteiger partial charge in [0.05, 0.1) is 6.54 Å². The highest BCUT2D eigenvalue weighted by molar-refractivity contribution is 6.32. The van der Waals surface area contributed by atoms with Crippen LogP contribution in [0.4, 0.5) is 5.82 Å². The predicted molar refractivity (Wildman–Crippen MR) is 53.3 cm³/mol. The second kappa shape index (κ2) is 4.60. The van der Waals surface area contributed by atoms with E-state index >= 15 is 0 Å². The summed E-state index contributed by atoms with van der Waals surface area (Å²) in [5, 5.41) is 10.4. The highest BCUT2D eigenvalue weighted by Crippen LogP contribution is 2.16. The maximum absolute atomic E-state index is 5.65. The van der Waals surface area contributed by atoms with E-state index in [1.807, 2.05) is 0 Å². The molecule has 0 aliphatic rings. The molecule has 0 radical (unpaired) electrons. The summed E-state index contributed by atoms with van der Waals surface area (Å²) in [6, 6.07) is 0. The molecule has 7 heteroatoms. The Morgan fingerprint density at radius 1 is 1.38 bits per heavy atom. The number of aromatic nitrogens is 3. The van der Waals surface area contributed by atoms with Gasteiger partial charge in [-0.3, -0.25) is 0 Å². The van der Waals surface area contributed by atoms with Crippen molar-refractivity contribution >= 4 is 40.6 Å². The summed E-state index contributed by atoms with van der Waals surface area (Å²) in [5.74, 6) is 0.337. The molecule has 0 amide bonds. The van der Waals surface area contributed by atoms with Gasteiger partial charge in [-0.2, -0.15) is 4.98 Å². The van der Waals surface area contributed by atoms with Gasteiger partial charge in [0, 0.05) is 5.03 Å². The highest BCUT2D eigenvalue weighted by atomic mass is 35.5. The van der Waals surface area contributed by atoms with E-state index in [9.17, 15) is 0 Å². The van der Waals surface area contributed by atoms with Crippen LogP contribution >= 0.6 is 34.8 Å². The Kier molecular flexibility index (Phi) is 3.71. The molecule has 0 fully saturated rings. The van der Waals surface area contributed by atoms with Crippen LogP contribution in [0.2, 0.25) is 10.4 Å². The minimum Gasteiger partial charge on any atom is -0.362 e. The SMILES string of the molecule is C=C(Cl)CNc1nc(Cl)nnc1Cl. The second-order valence-electron chi connectivity index (χ2n) is 2.09. The summed E-state index contributed by atoms with van der Waals surface area (Å²) in [6.45, 7) is 3.83. The molecule has 70 valence electrons. The van der Waals surface area contributed by atoms with Crippen molar-refractivity contribution in [1.82, 2.24) is 15.2 Å². The van der Waals surface area contributed by atoms with Crippen LogP contribution in [0.1, 0.15) is 0 Å². The van der Waals surface area contributed by atoms with Gasteiger partial charge < -0.3 is 5.32 Å². The number of rotatable bonds is 3. The van der Waals surface area contributed by atoms with Gasteiger partial charge in [-0.1, -0.05) is 29.8 Å². The van der Waals surface area contributed by atoms with E-state index < -0.39 is 0 Å². The van der Waals surface area contributed by atoms with Crippen LogP contribution in [-0.4, -0.2) is 21.7 Å². The van der Waals surface area contributed by atoms with E-state index in [-0.39, 0.29) is 10.4 Å². The zero-order chi connectivity index (χ0) is 9.84. The molecular formula is C6H5Cl3N4. The number of halogens is 3. The predicted octanol–water partition coefficient (Wildman–Crippen LogP) is 2.34. The summed E-state index contributed by atoms with van der Waals surface area (Å²) < 4.78 is 0. The lowest BCUT2D eigenvalue weighted by Crippen LogP contribution is -2.05. The minimum absolute atomic E-state index is 0.0204. The first-order valence-corrected chi connectivity index (χ1v) is 4.36. The second-order valence-corrected chi connectivity index (χ2v) is 3.32. The van der Waals surface area contributed by atoms with E-state index in [1.54, 1.807) is 0 Å². The monoisotopic (exact) mass is 238 g/mol. The maximum atomic E-state index is 5.65. The third-order valence-electron chi connectivity index (χ3n) is 1.07. The lowest BCUT2D eigenvalue weighted by Gasteiger charge is -2.03. The van der Waals surface area contributed by atoms with Crippen LogP contribution in [0, 0.1) is 0 Å². The van der Waals surface area contributed by atoms with Gasteiger partial charge in [0.1, 0.15) is 0 Å². The van der Waals surface area contributed by atoms with Gasteiger partial charge in [0.15, 0.2) is 11.0 Å². The normalized spacial score (nSPS) is 9.77. The van der Waals surface area contributed by atoms with E-state index in [0.717, 1.165) is 0 Å². The number of nitrogens with zero attached hydrogens (tertiary/aromatic N) is 3. The Labute approximate surface area is 89.9 Å². The quantitative estimate of drug-likeness (QED) is 0.880. The average molecular weight is 239 g/mol. The Morgan fingerprint density at radius 2 is 2.08 bits per heavy atom. The van der Waals surface area contributed by atoms with Crippen molar-refractivity contribution in [3.8, 4) is 0 Å². The molecule has 1 heterocycles.